The van der Waals surface area contributed by atoms with Gasteiger partial charge in [0, 0.05) is 13.0 Å². The van der Waals surface area contributed by atoms with E-state index < -0.39 is 0 Å². The SMILES string of the molecule is NC(=O)CCCNc1nc(Cl)ccc1N. The van der Waals surface area contributed by atoms with Crippen LogP contribution in [0.1, 0.15) is 12.8 Å². The van der Waals surface area contributed by atoms with Crippen molar-refractivity contribution in [2.45, 2.75) is 12.8 Å². The van der Waals surface area contributed by atoms with Crippen LogP contribution in [0.25, 0.3) is 0 Å². The molecule has 0 aliphatic carbocycles. The molecule has 0 aliphatic rings. The van der Waals surface area contributed by atoms with Crippen LogP contribution in [0.2, 0.25) is 5.15 Å². The summed E-state index contributed by atoms with van der Waals surface area (Å²) in [5, 5.41) is 3.36. The first-order valence-corrected chi connectivity index (χ1v) is 4.91. The van der Waals surface area contributed by atoms with Gasteiger partial charge in [-0.1, -0.05) is 11.6 Å². The molecular formula is C9H13ClN4O. The van der Waals surface area contributed by atoms with Crippen molar-refractivity contribution < 1.29 is 4.79 Å². The maximum atomic E-state index is 10.5. The van der Waals surface area contributed by atoms with Crippen molar-refractivity contribution in [3.63, 3.8) is 0 Å². The predicted octanol–water partition coefficient (Wildman–Crippen LogP) is 0.995. The van der Waals surface area contributed by atoms with E-state index in [-0.39, 0.29) is 5.91 Å². The van der Waals surface area contributed by atoms with Crippen molar-refractivity contribution in [1.29, 1.82) is 0 Å². The van der Waals surface area contributed by atoms with E-state index in [9.17, 15) is 4.79 Å². The van der Waals surface area contributed by atoms with E-state index in [1.165, 1.54) is 0 Å². The monoisotopic (exact) mass is 228 g/mol. The van der Waals surface area contributed by atoms with Gasteiger partial charge in [0.1, 0.15) is 5.15 Å². The Morgan fingerprint density at radius 3 is 2.93 bits per heavy atom. The number of primary amides is 1. The Morgan fingerprint density at radius 2 is 2.27 bits per heavy atom. The Bertz CT molecular complexity index is 356. The first-order valence-electron chi connectivity index (χ1n) is 4.54. The summed E-state index contributed by atoms with van der Waals surface area (Å²) in [6.07, 6.45) is 0.983. The lowest BCUT2D eigenvalue weighted by Crippen LogP contribution is -2.13. The minimum atomic E-state index is -0.316. The smallest absolute Gasteiger partial charge is 0.217 e. The van der Waals surface area contributed by atoms with E-state index in [1.807, 2.05) is 0 Å². The summed E-state index contributed by atoms with van der Waals surface area (Å²) < 4.78 is 0. The molecule has 0 saturated carbocycles. The van der Waals surface area contributed by atoms with Crippen LogP contribution >= 0.6 is 11.6 Å². The fourth-order valence-corrected chi connectivity index (χ4v) is 1.20. The van der Waals surface area contributed by atoms with Crippen molar-refractivity contribution >= 4 is 29.0 Å². The maximum absolute atomic E-state index is 10.5. The van der Waals surface area contributed by atoms with Crippen LogP contribution in [-0.2, 0) is 4.79 Å². The predicted molar refractivity (Wildman–Crippen MR) is 60.6 cm³/mol. The number of nitrogen functional groups attached to an aromatic ring is 1. The van der Waals surface area contributed by atoms with Gasteiger partial charge in [-0.25, -0.2) is 4.98 Å². The molecule has 1 rings (SSSR count). The van der Waals surface area contributed by atoms with E-state index in [4.69, 9.17) is 23.1 Å². The second kappa shape index (κ2) is 5.41. The lowest BCUT2D eigenvalue weighted by molar-refractivity contribution is -0.118. The van der Waals surface area contributed by atoms with Gasteiger partial charge in [-0.3, -0.25) is 4.79 Å². The van der Waals surface area contributed by atoms with Crippen molar-refractivity contribution in [1.82, 2.24) is 4.98 Å². The third-order valence-electron chi connectivity index (χ3n) is 1.78. The summed E-state index contributed by atoms with van der Waals surface area (Å²) in [5.74, 6) is 0.218. The van der Waals surface area contributed by atoms with Crippen molar-refractivity contribution in [3.05, 3.63) is 17.3 Å². The zero-order valence-electron chi connectivity index (χ0n) is 8.16. The number of rotatable bonds is 5. The number of anilines is 2. The van der Waals surface area contributed by atoms with Crippen molar-refractivity contribution in [3.8, 4) is 0 Å². The first-order chi connectivity index (χ1) is 7.09. The molecule has 0 unspecified atom stereocenters. The molecule has 0 spiro atoms. The quantitative estimate of drug-likeness (QED) is 0.518. The first kappa shape index (κ1) is 11.6. The van der Waals surface area contributed by atoms with Gasteiger partial charge < -0.3 is 16.8 Å². The van der Waals surface area contributed by atoms with Gasteiger partial charge in [-0.2, -0.15) is 0 Å². The molecule has 1 aromatic heterocycles. The Labute approximate surface area is 92.8 Å². The molecule has 6 heteroatoms. The summed E-state index contributed by atoms with van der Waals surface area (Å²) in [6.45, 7) is 0.584. The molecule has 5 N–H and O–H groups in total. The summed E-state index contributed by atoms with van der Waals surface area (Å²) in [4.78, 5) is 14.5. The third-order valence-corrected chi connectivity index (χ3v) is 2.00. The largest absolute Gasteiger partial charge is 0.396 e. The van der Waals surface area contributed by atoms with E-state index in [0.717, 1.165) is 0 Å². The van der Waals surface area contributed by atoms with Crippen LogP contribution in [0, 0.1) is 0 Å². The highest BCUT2D eigenvalue weighted by atomic mass is 35.5. The van der Waals surface area contributed by atoms with Gasteiger partial charge in [-0.15, -0.1) is 0 Å². The van der Waals surface area contributed by atoms with Gasteiger partial charge in [0.2, 0.25) is 5.91 Å². The highest BCUT2D eigenvalue weighted by Gasteiger charge is 2.01. The molecule has 0 aliphatic heterocycles. The van der Waals surface area contributed by atoms with Crippen LogP contribution < -0.4 is 16.8 Å². The van der Waals surface area contributed by atoms with Gasteiger partial charge in [-0.05, 0) is 18.6 Å². The average molecular weight is 229 g/mol. The number of carbonyl (C=O) groups is 1. The number of halogens is 1. The highest BCUT2D eigenvalue weighted by molar-refractivity contribution is 6.29. The normalized spacial score (nSPS) is 9.93. The standard InChI is InChI=1S/C9H13ClN4O/c10-7-4-3-6(11)9(14-7)13-5-1-2-8(12)15/h3-4H,1-2,5,11H2,(H2,12,15)(H,13,14). The van der Waals surface area contributed by atoms with E-state index in [1.54, 1.807) is 12.1 Å². The Balaban J connectivity index is 2.43. The molecule has 15 heavy (non-hydrogen) atoms. The molecule has 0 aromatic carbocycles. The Morgan fingerprint density at radius 1 is 1.53 bits per heavy atom. The number of nitrogens with two attached hydrogens (primary N) is 2. The van der Waals surface area contributed by atoms with Gasteiger partial charge in [0.05, 0.1) is 5.69 Å². The molecule has 0 saturated heterocycles. The summed E-state index contributed by atoms with van der Waals surface area (Å²) in [5.41, 5.74) is 11.2. The van der Waals surface area contributed by atoms with Crippen molar-refractivity contribution in [2.24, 2.45) is 5.73 Å². The van der Waals surface area contributed by atoms with Crippen LogP contribution in [0.15, 0.2) is 12.1 Å². The molecule has 1 amide bonds. The average Bonchev–Trinajstić information content (AvgIpc) is 2.17. The Kier molecular flexibility index (Phi) is 4.17. The second-order valence-electron chi connectivity index (χ2n) is 3.07. The number of nitrogens with one attached hydrogen (secondary N) is 1. The fourth-order valence-electron chi connectivity index (χ4n) is 1.06. The summed E-state index contributed by atoms with van der Waals surface area (Å²) in [7, 11) is 0. The van der Waals surface area contributed by atoms with Crippen LogP contribution in [0.4, 0.5) is 11.5 Å². The fraction of sp³-hybridized carbons (Fsp3) is 0.333. The molecule has 0 radical (unpaired) electrons. The third kappa shape index (κ3) is 4.03. The molecule has 1 aromatic rings. The minimum Gasteiger partial charge on any atom is -0.396 e. The number of nitrogens with zero attached hydrogens (tertiary/aromatic N) is 1. The molecule has 0 fully saturated rings. The van der Waals surface area contributed by atoms with Gasteiger partial charge in [0.15, 0.2) is 5.82 Å². The zero-order chi connectivity index (χ0) is 11.3. The number of hydrogen-bond acceptors (Lipinski definition) is 4. The topological polar surface area (TPSA) is 94.0 Å². The van der Waals surface area contributed by atoms with Crippen molar-refractivity contribution in [2.75, 3.05) is 17.6 Å². The number of hydrogen-bond donors (Lipinski definition) is 3. The number of amides is 1. The highest BCUT2D eigenvalue weighted by Crippen LogP contribution is 2.17. The van der Waals surface area contributed by atoms with E-state index >= 15 is 0 Å². The molecule has 0 atom stereocenters. The van der Waals surface area contributed by atoms with Gasteiger partial charge >= 0.3 is 0 Å². The van der Waals surface area contributed by atoms with Gasteiger partial charge in [0.25, 0.3) is 0 Å². The number of pyridine rings is 1. The molecule has 1 heterocycles. The number of aromatic nitrogens is 1. The summed E-state index contributed by atoms with van der Waals surface area (Å²) >= 11 is 5.70. The second-order valence-corrected chi connectivity index (χ2v) is 3.46. The minimum absolute atomic E-state index is 0.316. The van der Waals surface area contributed by atoms with E-state index in [2.05, 4.69) is 10.3 Å². The van der Waals surface area contributed by atoms with Crippen LogP contribution in [-0.4, -0.2) is 17.4 Å². The van der Waals surface area contributed by atoms with Crippen LogP contribution in [0.3, 0.4) is 0 Å². The Hall–Kier alpha value is -1.49. The molecule has 5 nitrogen and oxygen atoms in total. The molecular weight excluding hydrogens is 216 g/mol. The lowest BCUT2D eigenvalue weighted by atomic mass is 10.3. The maximum Gasteiger partial charge on any atom is 0.217 e. The van der Waals surface area contributed by atoms with Crippen LogP contribution in [0.5, 0.6) is 0 Å². The molecule has 0 bridgehead atoms. The zero-order valence-corrected chi connectivity index (χ0v) is 8.92. The molecule has 82 valence electrons. The van der Waals surface area contributed by atoms with E-state index in [0.29, 0.717) is 36.0 Å². The lowest BCUT2D eigenvalue weighted by Gasteiger charge is -2.07. The summed E-state index contributed by atoms with van der Waals surface area (Å²) in [6, 6.07) is 3.29. The number of carbonyl (C=O) groups excluding carboxylic acids is 1.